The van der Waals surface area contributed by atoms with Gasteiger partial charge in [-0.25, -0.2) is 9.48 Å². The van der Waals surface area contributed by atoms with E-state index in [1.54, 1.807) is 10.7 Å². The molecule has 98 valence electrons. The van der Waals surface area contributed by atoms with Crippen LogP contribution in [0.5, 0.6) is 5.75 Å². The molecule has 1 aromatic heterocycles. The molecule has 0 spiro atoms. The molecule has 2 aromatic rings. The van der Waals surface area contributed by atoms with Gasteiger partial charge in [-0.2, -0.15) is 0 Å². The van der Waals surface area contributed by atoms with Crippen LogP contribution in [-0.4, -0.2) is 32.2 Å². The lowest BCUT2D eigenvalue weighted by atomic mass is 10.1. The van der Waals surface area contributed by atoms with Crippen LogP contribution >= 0.6 is 0 Å². The van der Waals surface area contributed by atoms with Crippen LogP contribution in [0.2, 0.25) is 0 Å². The van der Waals surface area contributed by atoms with Gasteiger partial charge in [0.1, 0.15) is 16.8 Å². The van der Waals surface area contributed by atoms with Gasteiger partial charge in [0.25, 0.3) is 0 Å². The molecule has 6 nitrogen and oxygen atoms in total. The number of carbonyl (C=O) groups is 1. The minimum atomic E-state index is -0.982. The van der Waals surface area contributed by atoms with Gasteiger partial charge < -0.3 is 9.84 Å². The molecule has 6 heteroatoms. The van der Waals surface area contributed by atoms with Crippen molar-refractivity contribution >= 4 is 23.1 Å². The molecule has 1 heterocycles. The second-order valence-corrected chi connectivity index (χ2v) is 4.59. The lowest BCUT2D eigenvalue weighted by molar-refractivity contribution is -0.131. The molecule has 0 bridgehead atoms. The third-order valence-electron chi connectivity index (χ3n) is 2.92. The zero-order valence-corrected chi connectivity index (χ0v) is 10.4. The summed E-state index contributed by atoms with van der Waals surface area (Å²) in [7, 11) is 1.81. The highest BCUT2D eigenvalue weighted by atomic mass is 16.5. The van der Waals surface area contributed by atoms with Crippen molar-refractivity contribution in [2.24, 2.45) is 7.05 Å². The van der Waals surface area contributed by atoms with E-state index in [2.05, 4.69) is 10.3 Å². The average molecular weight is 259 g/mol. The maximum absolute atomic E-state index is 10.6. The van der Waals surface area contributed by atoms with Crippen LogP contribution in [0.25, 0.3) is 17.1 Å². The van der Waals surface area contributed by atoms with E-state index in [0.29, 0.717) is 11.3 Å². The zero-order chi connectivity index (χ0) is 13.4. The summed E-state index contributed by atoms with van der Waals surface area (Å²) in [4.78, 5) is 10.6. The molecule has 1 aromatic carbocycles. The summed E-state index contributed by atoms with van der Waals surface area (Å²) < 4.78 is 7.51. The van der Waals surface area contributed by atoms with Crippen molar-refractivity contribution in [2.75, 3.05) is 0 Å². The number of carboxylic acid groups (broad SMARTS) is 1. The largest absolute Gasteiger partial charge is 0.488 e. The maximum atomic E-state index is 10.6. The van der Waals surface area contributed by atoms with Crippen molar-refractivity contribution in [3.63, 3.8) is 0 Å². The quantitative estimate of drug-likeness (QED) is 0.844. The molecule has 0 unspecified atom stereocenters. The number of hydrogen-bond acceptors (Lipinski definition) is 4. The highest BCUT2D eigenvalue weighted by Gasteiger charge is 2.25. The van der Waals surface area contributed by atoms with Crippen molar-refractivity contribution < 1.29 is 14.6 Å². The van der Waals surface area contributed by atoms with E-state index in [1.165, 1.54) is 6.08 Å². The van der Waals surface area contributed by atoms with Crippen LogP contribution in [0.4, 0.5) is 0 Å². The molecule has 0 atom stereocenters. The first-order valence-electron chi connectivity index (χ1n) is 6.04. The zero-order valence-electron chi connectivity index (χ0n) is 10.4. The van der Waals surface area contributed by atoms with Gasteiger partial charge >= 0.3 is 5.97 Å². The Morgan fingerprint density at radius 1 is 1.53 bits per heavy atom. The summed E-state index contributed by atoms with van der Waals surface area (Å²) in [6.07, 6.45) is 5.00. The molecule has 1 aliphatic rings. The van der Waals surface area contributed by atoms with Crippen LogP contribution in [0.1, 0.15) is 18.4 Å². The average Bonchev–Trinajstić information content (AvgIpc) is 3.10. The highest BCUT2D eigenvalue weighted by molar-refractivity contribution is 5.88. The van der Waals surface area contributed by atoms with E-state index in [1.807, 2.05) is 13.1 Å². The number of aryl methyl sites for hydroxylation is 1. The van der Waals surface area contributed by atoms with E-state index < -0.39 is 5.97 Å². The Hall–Kier alpha value is -2.37. The van der Waals surface area contributed by atoms with E-state index in [0.717, 1.165) is 30.0 Å². The number of fused-ring (bicyclic) bond motifs is 1. The number of rotatable bonds is 4. The molecular weight excluding hydrogens is 246 g/mol. The number of aliphatic carboxylic acids is 1. The van der Waals surface area contributed by atoms with E-state index in [-0.39, 0.29) is 6.10 Å². The molecule has 1 N–H and O–H groups in total. The fourth-order valence-corrected chi connectivity index (χ4v) is 1.89. The van der Waals surface area contributed by atoms with Crippen molar-refractivity contribution in [2.45, 2.75) is 18.9 Å². The lowest BCUT2D eigenvalue weighted by Gasteiger charge is -2.07. The van der Waals surface area contributed by atoms with Crippen LogP contribution < -0.4 is 4.74 Å². The van der Waals surface area contributed by atoms with Crippen LogP contribution in [0.15, 0.2) is 18.2 Å². The molecule has 0 aliphatic heterocycles. The molecule has 0 amide bonds. The fraction of sp³-hybridized carbons (Fsp3) is 0.308. The molecule has 19 heavy (non-hydrogen) atoms. The Morgan fingerprint density at radius 2 is 2.32 bits per heavy atom. The first-order valence-corrected chi connectivity index (χ1v) is 6.04. The monoisotopic (exact) mass is 259 g/mol. The normalized spacial score (nSPS) is 15.2. The second-order valence-electron chi connectivity index (χ2n) is 4.59. The van der Waals surface area contributed by atoms with Crippen molar-refractivity contribution in [1.29, 1.82) is 0 Å². The first kappa shape index (κ1) is 11.7. The number of aromatic nitrogens is 3. The van der Waals surface area contributed by atoms with Crippen LogP contribution in [0.3, 0.4) is 0 Å². The summed E-state index contributed by atoms with van der Waals surface area (Å²) in [5.41, 5.74) is 2.27. The minimum absolute atomic E-state index is 0.261. The maximum Gasteiger partial charge on any atom is 0.328 e. The summed E-state index contributed by atoms with van der Waals surface area (Å²) in [6.45, 7) is 0. The Balaban J connectivity index is 2.07. The smallest absolute Gasteiger partial charge is 0.328 e. The Morgan fingerprint density at radius 3 is 3.00 bits per heavy atom. The molecule has 3 rings (SSSR count). The topological polar surface area (TPSA) is 77.2 Å². The SMILES string of the molecule is Cn1nnc2cc(C=CC(=O)O)cc(OC3CC3)c21. The van der Waals surface area contributed by atoms with Crippen molar-refractivity contribution in [3.05, 3.63) is 23.8 Å². The third-order valence-corrected chi connectivity index (χ3v) is 2.92. The van der Waals surface area contributed by atoms with Crippen LogP contribution in [-0.2, 0) is 11.8 Å². The molecule has 0 radical (unpaired) electrons. The van der Waals surface area contributed by atoms with E-state index in [9.17, 15) is 4.79 Å². The molecular formula is C13H13N3O3. The van der Waals surface area contributed by atoms with Gasteiger partial charge in [-0.3, -0.25) is 0 Å². The predicted molar refractivity (Wildman–Crippen MR) is 68.8 cm³/mol. The third kappa shape index (κ3) is 2.42. The lowest BCUT2D eigenvalue weighted by Crippen LogP contribution is -2.00. The molecule has 1 aliphatic carbocycles. The summed E-state index contributed by atoms with van der Waals surface area (Å²) in [5.74, 6) is -0.276. The minimum Gasteiger partial charge on any atom is -0.488 e. The molecule has 1 saturated carbocycles. The summed E-state index contributed by atoms with van der Waals surface area (Å²) in [5, 5.41) is 16.7. The van der Waals surface area contributed by atoms with Gasteiger partial charge in [-0.15, -0.1) is 5.10 Å². The second kappa shape index (κ2) is 4.38. The number of carboxylic acids is 1. The summed E-state index contributed by atoms with van der Waals surface area (Å²) >= 11 is 0. The van der Waals surface area contributed by atoms with Gasteiger partial charge in [0.15, 0.2) is 0 Å². The predicted octanol–water partition coefficient (Wildman–Crippen LogP) is 1.61. The molecule has 0 saturated heterocycles. The van der Waals surface area contributed by atoms with Crippen LogP contribution in [0, 0.1) is 0 Å². The fourth-order valence-electron chi connectivity index (χ4n) is 1.89. The standard InChI is InChI=1S/C13H13N3O3/c1-16-13-10(14-15-16)6-8(2-5-12(17)18)7-11(13)19-9-3-4-9/h2,5-7,9H,3-4H2,1H3,(H,17,18). The van der Waals surface area contributed by atoms with Gasteiger partial charge in [-0.1, -0.05) is 5.21 Å². The van der Waals surface area contributed by atoms with Gasteiger partial charge in [0.2, 0.25) is 0 Å². The number of ether oxygens (including phenoxy) is 1. The Bertz CT molecular complexity index is 671. The number of hydrogen-bond donors (Lipinski definition) is 1. The highest BCUT2D eigenvalue weighted by Crippen LogP contribution is 2.32. The van der Waals surface area contributed by atoms with Crippen molar-refractivity contribution in [3.8, 4) is 5.75 Å². The van der Waals surface area contributed by atoms with Gasteiger partial charge in [0.05, 0.1) is 6.10 Å². The number of benzene rings is 1. The number of nitrogens with zero attached hydrogens (tertiary/aromatic N) is 3. The van der Waals surface area contributed by atoms with Gasteiger partial charge in [0, 0.05) is 13.1 Å². The molecule has 1 fully saturated rings. The van der Waals surface area contributed by atoms with E-state index >= 15 is 0 Å². The Labute approximate surface area is 109 Å². The Kier molecular flexibility index (Phi) is 2.70. The van der Waals surface area contributed by atoms with Crippen molar-refractivity contribution in [1.82, 2.24) is 15.0 Å². The van der Waals surface area contributed by atoms with Gasteiger partial charge in [-0.05, 0) is 36.6 Å². The first-order chi connectivity index (χ1) is 9.13. The summed E-state index contributed by atoms with van der Waals surface area (Å²) in [6, 6.07) is 3.62. The van der Waals surface area contributed by atoms with E-state index in [4.69, 9.17) is 9.84 Å².